The van der Waals surface area contributed by atoms with Gasteiger partial charge in [0.25, 0.3) is 0 Å². The van der Waals surface area contributed by atoms with Crippen LogP contribution in [0.4, 0.5) is 10.3 Å². The molecule has 6 rings (SSSR count). The first-order valence-electron chi connectivity index (χ1n) is 13.1. The van der Waals surface area contributed by atoms with Crippen LogP contribution < -0.4 is 5.32 Å². The molecule has 2 aromatic carbocycles. The van der Waals surface area contributed by atoms with Crippen molar-refractivity contribution in [3.8, 4) is 22.6 Å². The molecule has 204 valence electrons. The van der Waals surface area contributed by atoms with Crippen molar-refractivity contribution in [1.29, 1.82) is 0 Å². The molecule has 1 atom stereocenters. The van der Waals surface area contributed by atoms with E-state index in [1.165, 1.54) is 12.1 Å². The van der Waals surface area contributed by atoms with Gasteiger partial charge in [-0.3, -0.25) is 9.20 Å². The number of nitrogens with zero attached hydrogens (tertiary/aromatic N) is 5. The van der Waals surface area contributed by atoms with Crippen molar-refractivity contribution in [1.82, 2.24) is 23.7 Å². The molecule has 0 bridgehead atoms. The lowest BCUT2D eigenvalue weighted by Gasteiger charge is -2.32. The largest absolute Gasteiger partial charge is 0.481 e. The van der Waals surface area contributed by atoms with Crippen LogP contribution in [0.25, 0.3) is 28.5 Å². The van der Waals surface area contributed by atoms with Crippen molar-refractivity contribution in [3.05, 3.63) is 84.6 Å². The fourth-order valence-corrected chi connectivity index (χ4v) is 5.87. The number of fused-ring (bicyclic) bond motifs is 1. The average molecular weight is 559 g/mol. The number of nitrogens with one attached hydrogen (secondary N) is 1. The number of oxazole rings is 1. The van der Waals surface area contributed by atoms with Crippen molar-refractivity contribution >= 4 is 29.7 Å². The van der Waals surface area contributed by atoms with Gasteiger partial charge in [0.2, 0.25) is 5.95 Å². The highest BCUT2D eigenvalue weighted by atomic mass is 32.2. The summed E-state index contributed by atoms with van der Waals surface area (Å²) in [5.41, 5.74) is 3.86. The smallest absolute Gasteiger partial charge is 0.306 e. The molecule has 1 saturated heterocycles. The second-order valence-corrected chi connectivity index (χ2v) is 10.8. The number of hydrogen-bond donors (Lipinski definition) is 2. The van der Waals surface area contributed by atoms with Gasteiger partial charge in [-0.15, -0.1) is 0 Å². The van der Waals surface area contributed by atoms with E-state index in [1.807, 2.05) is 34.7 Å². The van der Waals surface area contributed by atoms with Crippen LogP contribution >= 0.6 is 11.9 Å². The van der Waals surface area contributed by atoms with E-state index in [9.17, 15) is 9.18 Å². The molecule has 0 unspecified atom stereocenters. The summed E-state index contributed by atoms with van der Waals surface area (Å²) in [4.78, 5) is 25.9. The topological polar surface area (TPSA) is 109 Å². The average Bonchev–Trinajstić information content (AvgIpc) is 3.55. The number of carboxylic acids is 1. The number of rotatable bonds is 9. The second kappa shape index (κ2) is 11.5. The summed E-state index contributed by atoms with van der Waals surface area (Å²) >= 11 is 1.70. The molecule has 0 amide bonds. The van der Waals surface area contributed by atoms with Crippen molar-refractivity contribution in [2.75, 3.05) is 18.4 Å². The maximum absolute atomic E-state index is 13.6. The molecular formula is C29H27FN6O3S. The molecule has 2 N–H and O–H groups in total. The van der Waals surface area contributed by atoms with Gasteiger partial charge < -0.3 is 14.8 Å². The van der Waals surface area contributed by atoms with E-state index in [0.29, 0.717) is 29.6 Å². The maximum Gasteiger partial charge on any atom is 0.306 e. The molecule has 4 heterocycles. The molecule has 11 heteroatoms. The third kappa shape index (κ3) is 5.85. The maximum atomic E-state index is 13.6. The summed E-state index contributed by atoms with van der Waals surface area (Å²) in [6, 6.07) is 16.3. The Kier molecular flexibility index (Phi) is 7.47. The lowest BCUT2D eigenvalue weighted by atomic mass is 10.1. The highest BCUT2D eigenvalue weighted by molar-refractivity contribution is 7.97. The molecule has 1 aliphatic rings. The van der Waals surface area contributed by atoms with Gasteiger partial charge in [-0.1, -0.05) is 12.1 Å². The van der Waals surface area contributed by atoms with Crippen LogP contribution in [0.3, 0.4) is 0 Å². The van der Waals surface area contributed by atoms with Crippen LogP contribution in [-0.2, 0) is 11.2 Å². The quantitative estimate of drug-likeness (QED) is 0.217. The fraction of sp³-hybridized carbons (Fsp3) is 0.241. The number of benzene rings is 2. The highest BCUT2D eigenvalue weighted by Gasteiger charge is 2.23. The van der Waals surface area contributed by atoms with Gasteiger partial charge in [-0.2, -0.15) is 4.98 Å². The number of imidazole rings is 1. The van der Waals surface area contributed by atoms with E-state index in [0.717, 1.165) is 47.6 Å². The van der Waals surface area contributed by atoms with E-state index in [1.54, 1.807) is 42.7 Å². The summed E-state index contributed by atoms with van der Waals surface area (Å²) in [5.74, 6) is -0.139. The Morgan fingerprint density at radius 1 is 1.12 bits per heavy atom. The Balaban J connectivity index is 1.16. The van der Waals surface area contributed by atoms with Gasteiger partial charge in [0.15, 0.2) is 0 Å². The minimum absolute atomic E-state index is 0.136. The summed E-state index contributed by atoms with van der Waals surface area (Å²) in [5, 5.41) is 12.4. The van der Waals surface area contributed by atoms with Crippen LogP contribution in [0, 0.1) is 5.82 Å². The lowest BCUT2D eigenvalue weighted by Crippen LogP contribution is -2.38. The van der Waals surface area contributed by atoms with Crippen molar-refractivity contribution in [2.45, 2.75) is 36.6 Å². The Morgan fingerprint density at radius 2 is 1.95 bits per heavy atom. The minimum atomic E-state index is -0.784. The third-order valence-electron chi connectivity index (χ3n) is 6.78. The summed E-state index contributed by atoms with van der Waals surface area (Å²) < 4.78 is 23.3. The Hall–Kier alpha value is -4.22. The first kappa shape index (κ1) is 26.0. The summed E-state index contributed by atoms with van der Waals surface area (Å²) in [7, 11) is 0. The number of aromatic nitrogens is 4. The predicted molar refractivity (Wildman–Crippen MR) is 150 cm³/mol. The van der Waals surface area contributed by atoms with E-state index < -0.39 is 5.97 Å². The normalized spacial score (nSPS) is 15.9. The first-order valence-corrected chi connectivity index (χ1v) is 13.8. The molecule has 0 spiro atoms. The van der Waals surface area contributed by atoms with E-state index in [2.05, 4.69) is 19.6 Å². The zero-order valence-electron chi connectivity index (χ0n) is 21.5. The van der Waals surface area contributed by atoms with Gasteiger partial charge >= 0.3 is 11.8 Å². The van der Waals surface area contributed by atoms with E-state index >= 15 is 0 Å². The molecule has 1 aliphatic heterocycles. The standard InChI is InChI=1S/C29H27FN6O3S/c30-21-8-6-20(7-9-21)26-27(36-16-17-39-29(36)34-26)24-13-14-31-28(33-24)32-22-2-1-15-35(18-22)40-23-10-3-19(4-11-23)5-12-25(37)38/h3-4,6-11,13-14,16-17,22H,1-2,5,12,15,18H2,(H,37,38)(H,31,32,33)/t22-/m1/s1. The molecule has 0 radical (unpaired) electrons. The van der Waals surface area contributed by atoms with Crippen molar-refractivity contribution in [3.63, 3.8) is 0 Å². The van der Waals surface area contributed by atoms with Crippen LogP contribution in [0.2, 0.25) is 0 Å². The highest BCUT2D eigenvalue weighted by Crippen LogP contribution is 2.33. The number of aryl methyl sites for hydroxylation is 1. The number of anilines is 1. The monoisotopic (exact) mass is 558 g/mol. The number of piperidine rings is 1. The molecule has 3 aromatic heterocycles. The van der Waals surface area contributed by atoms with Crippen LogP contribution in [0.1, 0.15) is 24.8 Å². The number of hydrogen-bond acceptors (Lipinski definition) is 8. The number of carboxylic acid groups (broad SMARTS) is 1. The zero-order valence-corrected chi connectivity index (χ0v) is 22.4. The van der Waals surface area contributed by atoms with Crippen LogP contribution in [0.15, 0.2) is 82.6 Å². The van der Waals surface area contributed by atoms with Crippen LogP contribution in [-0.4, -0.2) is 53.9 Å². The predicted octanol–water partition coefficient (Wildman–Crippen LogP) is 5.79. The number of halogens is 1. The second-order valence-electron chi connectivity index (χ2n) is 9.64. The molecular weight excluding hydrogens is 531 g/mol. The van der Waals surface area contributed by atoms with Gasteiger partial charge in [0, 0.05) is 48.4 Å². The van der Waals surface area contributed by atoms with Crippen molar-refractivity contribution < 1.29 is 18.7 Å². The molecule has 40 heavy (non-hydrogen) atoms. The van der Waals surface area contributed by atoms with E-state index in [4.69, 9.17) is 14.5 Å². The lowest BCUT2D eigenvalue weighted by molar-refractivity contribution is -0.136. The SMILES string of the molecule is O=C(O)CCc1ccc(SN2CCC[C@@H](Nc3nccc(-c4c(-c5ccc(F)cc5)nc5occn45)n3)C2)cc1. The van der Waals surface area contributed by atoms with Gasteiger partial charge in [0.1, 0.15) is 23.5 Å². The van der Waals surface area contributed by atoms with Crippen molar-refractivity contribution in [2.24, 2.45) is 0 Å². The Labute approximate surface area is 234 Å². The van der Waals surface area contributed by atoms with Crippen LogP contribution in [0.5, 0.6) is 0 Å². The molecule has 0 saturated carbocycles. The minimum Gasteiger partial charge on any atom is -0.481 e. The Bertz CT molecular complexity index is 1620. The number of carbonyl (C=O) groups is 1. The van der Waals surface area contributed by atoms with Gasteiger partial charge in [-0.25, -0.2) is 18.7 Å². The summed E-state index contributed by atoms with van der Waals surface area (Å²) in [6.07, 6.45) is 7.78. The molecule has 9 nitrogen and oxygen atoms in total. The zero-order chi connectivity index (χ0) is 27.5. The Morgan fingerprint density at radius 3 is 2.75 bits per heavy atom. The first-order chi connectivity index (χ1) is 19.5. The third-order valence-corrected chi connectivity index (χ3v) is 7.85. The molecule has 0 aliphatic carbocycles. The van der Waals surface area contributed by atoms with Gasteiger partial charge in [0.05, 0.1) is 5.69 Å². The van der Waals surface area contributed by atoms with Gasteiger partial charge in [-0.05, 0) is 79.2 Å². The fourth-order valence-electron chi connectivity index (χ4n) is 4.84. The van der Waals surface area contributed by atoms with E-state index in [-0.39, 0.29) is 18.3 Å². The molecule has 5 aromatic rings. The number of aliphatic carboxylic acids is 1. The molecule has 1 fully saturated rings. The summed E-state index contributed by atoms with van der Waals surface area (Å²) in [6.45, 7) is 1.79.